The van der Waals surface area contributed by atoms with Crippen molar-refractivity contribution in [1.82, 2.24) is 4.98 Å². The standard InChI is InChI=1S/C15H17N3O3/c16-7-9-3-4-18(8-9)11-2-1-10-5-12(15(20)21)14(19)17-13(10)6-11/h1-2,5-6,9H,3-4,7-8,16H2,(H,17,19)(H,20,21). The maximum absolute atomic E-state index is 11.7. The van der Waals surface area contributed by atoms with Gasteiger partial charge in [0.1, 0.15) is 5.56 Å². The Morgan fingerprint density at radius 2 is 2.24 bits per heavy atom. The highest BCUT2D eigenvalue weighted by Gasteiger charge is 2.21. The summed E-state index contributed by atoms with van der Waals surface area (Å²) in [6, 6.07) is 7.09. The number of hydrogen-bond acceptors (Lipinski definition) is 4. The van der Waals surface area contributed by atoms with Gasteiger partial charge in [-0.15, -0.1) is 0 Å². The van der Waals surface area contributed by atoms with Gasteiger partial charge in [0.05, 0.1) is 5.52 Å². The fraction of sp³-hybridized carbons (Fsp3) is 0.333. The first-order valence-corrected chi connectivity index (χ1v) is 6.94. The summed E-state index contributed by atoms with van der Waals surface area (Å²) in [7, 11) is 0. The third-order valence-corrected chi connectivity index (χ3v) is 4.04. The largest absolute Gasteiger partial charge is 0.477 e. The minimum atomic E-state index is -1.22. The minimum absolute atomic E-state index is 0.236. The lowest BCUT2D eigenvalue weighted by molar-refractivity contribution is 0.0695. The van der Waals surface area contributed by atoms with Gasteiger partial charge in [-0.3, -0.25) is 4.79 Å². The second-order valence-corrected chi connectivity index (χ2v) is 5.43. The number of fused-ring (bicyclic) bond motifs is 1. The van der Waals surface area contributed by atoms with Crippen molar-refractivity contribution in [1.29, 1.82) is 0 Å². The third kappa shape index (κ3) is 2.50. The van der Waals surface area contributed by atoms with Crippen LogP contribution in [0.3, 0.4) is 0 Å². The first-order chi connectivity index (χ1) is 10.1. The molecule has 1 aliphatic rings. The smallest absolute Gasteiger partial charge is 0.341 e. The van der Waals surface area contributed by atoms with E-state index in [1.165, 1.54) is 6.07 Å². The molecule has 1 fully saturated rings. The van der Waals surface area contributed by atoms with E-state index >= 15 is 0 Å². The Morgan fingerprint density at radius 3 is 2.90 bits per heavy atom. The summed E-state index contributed by atoms with van der Waals surface area (Å²) >= 11 is 0. The lowest BCUT2D eigenvalue weighted by Gasteiger charge is -2.19. The van der Waals surface area contributed by atoms with Crippen molar-refractivity contribution >= 4 is 22.6 Å². The molecule has 6 heteroatoms. The van der Waals surface area contributed by atoms with Gasteiger partial charge in [0, 0.05) is 18.8 Å². The molecule has 4 N–H and O–H groups in total. The lowest BCUT2D eigenvalue weighted by Crippen LogP contribution is -2.22. The quantitative estimate of drug-likeness (QED) is 0.782. The summed E-state index contributed by atoms with van der Waals surface area (Å²) < 4.78 is 0. The van der Waals surface area contributed by atoms with E-state index < -0.39 is 11.5 Å². The molecule has 21 heavy (non-hydrogen) atoms. The highest BCUT2D eigenvalue weighted by molar-refractivity contribution is 5.93. The van der Waals surface area contributed by atoms with Crippen LogP contribution in [0.5, 0.6) is 0 Å². The molecule has 110 valence electrons. The fourth-order valence-corrected chi connectivity index (χ4v) is 2.80. The number of aromatic nitrogens is 1. The summed E-state index contributed by atoms with van der Waals surface area (Å²) in [5.41, 5.74) is 6.56. The number of rotatable bonds is 3. The van der Waals surface area contributed by atoms with Gasteiger partial charge in [-0.2, -0.15) is 0 Å². The Bertz CT molecular complexity index is 753. The van der Waals surface area contributed by atoms with Crippen molar-refractivity contribution in [2.45, 2.75) is 6.42 Å². The number of nitrogens with zero attached hydrogens (tertiary/aromatic N) is 1. The molecule has 0 amide bonds. The number of hydrogen-bond donors (Lipinski definition) is 3. The zero-order valence-corrected chi connectivity index (χ0v) is 11.5. The molecule has 0 radical (unpaired) electrons. The van der Waals surface area contributed by atoms with E-state index in [2.05, 4.69) is 9.88 Å². The molecule has 1 atom stereocenters. The molecular formula is C15H17N3O3. The van der Waals surface area contributed by atoms with Crippen molar-refractivity contribution in [3.05, 3.63) is 40.2 Å². The van der Waals surface area contributed by atoms with Crippen LogP contribution in [0.15, 0.2) is 29.1 Å². The van der Waals surface area contributed by atoms with Gasteiger partial charge in [0.25, 0.3) is 5.56 Å². The molecule has 0 spiro atoms. The molecule has 1 aliphatic heterocycles. The van der Waals surface area contributed by atoms with Crippen LogP contribution in [0.4, 0.5) is 5.69 Å². The number of nitrogens with one attached hydrogen (secondary N) is 1. The normalized spacial score (nSPS) is 18.3. The van der Waals surface area contributed by atoms with E-state index in [1.807, 2.05) is 18.2 Å². The van der Waals surface area contributed by atoms with E-state index in [4.69, 9.17) is 10.8 Å². The summed E-state index contributed by atoms with van der Waals surface area (Å²) in [6.07, 6.45) is 1.07. The van der Waals surface area contributed by atoms with Crippen LogP contribution in [0, 0.1) is 5.92 Å². The predicted octanol–water partition coefficient (Wildman–Crippen LogP) is 1.01. The van der Waals surface area contributed by atoms with Crippen molar-refractivity contribution in [3.8, 4) is 0 Å². The molecule has 0 saturated carbocycles. The first kappa shape index (κ1) is 13.6. The van der Waals surface area contributed by atoms with Gasteiger partial charge in [-0.25, -0.2) is 4.79 Å². The van der Waals surface area contributed by atoms with E-state index in [9.17, 15) is 9.59 Å². The maximum atomic E-state index is 11.7. The number of benzene rings is 1. The predicted molar refractivity (Wildman–Crippen MR) is 80.9 cm³/mol. The second-order valence-electron chi connectivity index (χ2n) is 5.43. The van der Waals surface area contributed by atoms with Crippen LogP contribution in [-0.4, -0.2) is 35.7 Å². The number of aromatic carboxylic acids is 1. The topological polar surface area (TPSA) is 99.4 Å². The van der Waals surface area contributed by atoms with E-state index in [1.54, 1.807) is 0 Å². The summed E-state index contributed by atoms with van der Waals surface area (Å²) in [6.45, 7) is 2.55. The Kier molecular flexibility index (Phi) is 3.39. The first-order valence-electron chi connectivity index (χ1n) is 6.94. The van der Waals surface area contributed by atoms with Crippen LogP contribution in [-0.2, 0) is 0 Å². The van der Waals surface area contributed by atoms with Gasteiger partial charge >= 0.3 is 5.97 Å². The summed E-state index contributed by atoms with van der Waals surface area (Å²) in [5, 5.41) is 9.68. The highest BCUT2D eigenvalue weighted by atomic mass is 16.4. The molecule has 2 aromatic rings. The Balaban J connectivity index is 1.99. The number of nitrogens with two attached hydrogens (primary N) is 1. The maximum Gasteiger partial charge on any atom is 0.341 e. The van der Waals surface area contributed by atoms with Crippen molar-refractivity contribution in [3.63, 3.8) is 0 Å². The van der Waals surface area contributed by atoms with Crippen LogP contribution in [0.25, 0.3) is 10.9 Å². The van der Waals surface area contributed by atoms with Crippen molar-refractivity contribution < 1.29 is 9.90 Å². The average molecular weight is 287 g/mol. The number of aromatic amines is 1. The van der Waals surface area contributed by atoms with Crippen LogP contribution < -0.4 is 16.2 Å². The third-order valence-electron chi connectivity index (χ3n) is 4.04. The van der Waals surface area contributed by atoms with Gasteiger partial charge in [0.15, 0.2) is 0 Å². The van der Waals surface area contributed by atoms with Crippen molar-refractivity contribution in [2.24, 2.45) is 11.7 Å². The van der Waals surface area contributed by atoms with Gasteiger partial charge in [0.2, 0.25) is 0 Å². The highest BCUT2D eigenvalue weighted by Crippen LogP contribution is 2.26. The number of anilines is 1. The molecule has 1 aromatic carbocycles. The summed E-state index contributed by atoms with van der Waals surface area (Å²) in [4.78, 5) is 27.6. The molecule has 2 heterocycles. The number of carbonyl (C=O) groups is 1. The lowest BCUT2D eigenvalue weighted by atomic mass is 10.1. The second kappa shape index (κ2) is 5.21. The zero-order valence-electron chi connectivity index (χ0n) is 11.5. The molecule has 1 unspecified atom stereocenters. The number of carboxylic acid groups (broad SMARTS) is 1. The van der Waals surface area contributed by atoms with E-state index in [0.29, 0.717) is 23.4 Å². The molecule has 0 aliphatic carbocycles. The molecule has 0 bridgehead atoms. The van der Waals surface area contributed by atoms with Gasteiger partial charge in [-0.1, -0.05) is 6.07 Å². The molecule has 1 saturated heterocycles. The van der Waals surface area contributed by atoms with E-state index in [0.717, 1.165) is 25.2 Å². The molecule has 6 nitrogen and oxygen atoms in total. The number of carboxylic acids is 1. The van der Waals surface area contributed by atoms with Crippen LogP contribution in [0.2, 0.25) is 0 Å². The van der Waals surface area contributed by atoms with Crippen molar-refractivity contribution in [2.75, 3.05) is 24.5 Å². The average Bonchev–Trinajstić information content (AvgIpc) is 2.94. The molecule has 3 rings (SSSR count). The fourth-order valence-electron chi connectivity index (χ4n) is 2.80. The SMILES string of the molecule is NCC1CCN(c2ccc3cc(C(=O)O)c(=O)[nH]c3c2)C1. The van der Waals surface area contributed by atoms with Gasteiger partial charge in [-0.05, 0) is 42.5 Å². The Labute approximate surface area is 121 Å². The molecule has 1 aromatic heterocycles. The number of pyridine rings is 1. The van der Waals surface area contributed by atoms with E-state index in [-0.39, 0.29) is 5.56 Å². The monoisotopic (exact) mass is 287 g/mol. The zero-order chi connectivity index (χ0) is 15.0. The summed E-state index contributed by atoms with van der Waals surface area (Å²) in [5.74, 6) is -0.707. The van der Waals surface area contributed by atoms with Crippen LogP contribution >= 0.6 is 0 Å². The Hall–Kier alpha value is -2.34. The van der Waals surface area contributed by atoms with Gasteiger partial charge < -0.3 is 20.7 Å². The Morgan fingerprint density at radius 1 is 1.43 bits per heavy atom. The molecular weight excluding hydrogens is 270 g/mol. The minimum Gasteiger partial charge on any atom is -0.477 e. The number of H-pyrrole nitrogens is 1. The van der Waals surface area contributed by atoms with Crippen LogP contribution in [0.1, 0.15) is 16.8 Å².